The monoisotopic (exact) mass is 210 g/mol. The molecule has 15 heavy (non-hydrogen) atoms. The third kappa shape index (κ3) is 8.72. The van der Waals surface area contributed by atoms with Crippen LogP contribution in [-0.4, -0.2) is 0 Å². The van der Waals surface area contributed by atoms with Gasteiger partial charge in [0.1, 0.15) is 0 Å². The molecule has 0 aliphatic heterocycles. The molecule has 0 N–H and O–H groups in total. The lowest BCUT2D eigenvalue weighted by Crippen LogP contribution is -1.95. The molecule has 0 nitrogen and oxygen atoms in total. The fourth-order valence-electron chi connectivity index (χ4n) is 1.75. The Labute approximate surface area is 97.2 Å². The standard InChI is InChI=1S/C15H30/c1-6-8-9-15(12-13(3)4)11-10-14(5)7-2/h11,13-14H,6-10,12H2,1-5H3. The normalized spacial score (nSPS) is 14.7. The van der Waals surface area contributed by atoms with Crippen LogP contribution in [0.3, 0.4) is 0 Å². The van der Waals surface area contributed by atoms with Gasteiger partial charge in [0.2, 0.25) is 0 Å². The predicted molar refractivity (Wildman–Crippen MR) is 71.1 cm³/mol. The smallest absolute Gasteiger partial charge is 0.0297 e. The second kappa shape index (κ2) is 9.00. The van der Waals surface area contributed by atoms with E-state index in [1.54, 1.807) is 5.57 Å². The molecular formula is C15H30. The highest BCUT2D eigenvalue weighted by molar-refractivity contribution is 5.03. The van der Waals surface area contributed by atoms with Crippen molar-refractivity contribution in [3.63, 3.8) is 0 Å². The first-order valence-corrected chi connectivity index (χ1v) is 6.78. The van der Waals surface area contributed by atoms with E-state index < -0.39 is 0 Å². The maximum Gasteiger partial charge on any atom is -0.0297 e. The van der Waals surface area contributed by atoms with Crippen molar-refractivity contribution >= 4 is 0 Å². The number of allylic oxidation sites excluding steroid dienone is 2. The molecule has 0 aromatic rings. The molecule has 0 fully saturated rings. The number of rotatable bonds is 8. The molecule has 1 atom stereocenters. The van der Waals surface area contributed by atoms with Crippen molar-refractivity contribution in [2.45, 2.75) is 73.1 Å². The van der Waals surface area contributed by atoms with Gasteiger partial charge in [0.25, 0.3) is 0 Å². The van der Waals surface area contributed by atoms with Crippen LogP contribution < -0.4 is 0 Å². The van der Waals surface area contributed by atoms with Crippen LogP contribution in [0.2, 0.25) is 0 Å². The van der Waals surface area contributed by atoms with Crippen LogP contribution in [0.5, 0.6) is 0 Å². The fourth-order valence-corrected chi connectivity index (χ4v) is 1.75. The fraction of sp³-hybridized carbons (Fsp3) is 0.867. The Kier molecular flexibility index (Phi) is 8.85. The van der Waals surface area contributed by atoms with Crippen LogP contribution in [0.25, 0.3) is 0 Å². The zero-order chi connectivity index (χ0) is 11.7. The zero-order valence-electron chi connectivity index (χ0n) is 11.5. The summed E-state index contributed by atoms with van der Waals surface area (Å²) in [4.78, 5) is 0. The Balaban J connectivity index is 4.07. The summed E-state index contributed by atoms with van der Waals surface area (Å²) in [7, 11) is 0. The van der Waals surface area contributed by atoms with E-state index in [1.165, 1.54) is 38.5 Å². The molecule has 0 heterocycles. The van der Waals surface area contributed by atoms with E-state index in [2.05, 4.69) is 40.7 Å². The minimum Gasteiger partial charge on any atom is -0.0851 e. The van der Waals surface area contributed by atoms with Crippen molar-refractivity contribution in [2.24, 2.45) is 11.8 Å². The van der Waals surface area contributed by atoms with Crippen molar-refractivity contribution < 1.29 is 0 Å². The van der Waals surface area contributed by atoms with Gasteiger partial charge in [-0.3, -0.25) is 0 Å². The van der Waals surface area contributed by atoms with E-state index in [0.717, 1.165) is 11.8 Å². The highest BCUT2D eigenvalue weighted by atomic mass is 14.1. The lowest BCUT2D eigenvalue weighted by atomic mass is 9.95. The molecule has 0 spiro atoms. The molecular weight excluding hydrogens is 180 g/mol. The second-order valence-corrected chi connectivity index (χ2v) is 5.31. The molecule has 0 saturated carbocycles. The van der Waals surface area contributed by atoms with Crippen LogP contribution in [0.1, 0.15) is 73.1 Å². The lowest BCUT2D eigenvalue weighted by molar-refractivity contribution is 0.559. The van der Waals surface area contributed by atoms with E-state index in [4.69, 9.17) is 0 Å². The maximum atomic E-state index is 2.52. The molecule has 0 aromatic carbocycles. The molecule has 90 valence electrons. The van der Waals surface area contributed by atoms with Gasteiger partial charge in [0.15, 0.2) is 0 Å². The summed E-state index contributed by atoms with van der Waals surface area (Å²) in [6.45, 7) is 11.6. The minimum atomic E-state index is 0.810. The van der Waals surface area contributed by atoms with Crippen LogP contribution in [0, 0.1) is 11.8 Å². The van der Waals surface area contributed by atoms with E-state index in [0.29, 0.717) is 0 Å². The zero-order valence-corrected chi connectivity index (χ0v) is 11.5. The summed E-state index contributed by atoms with van der Waals surface area (Å²) in [5.41, 5.74) is 1.70. The van der Waals surface area contributed by atoms with Crippen LogP contribution in [-0.2, 0) is 0 Å². The van der Waals surface area contributed by atoms with Crippen LogP contribution >= 0.6 is 0 Å². The Bertz CT molecular complexity index is 165. The topological polar surface area (TPSA) is 0 Å². The third-order valence-corrected chi connectivity index (χ3v) is 3.03. The Morgan fingerprint density at radius 2 is 1.80 bits per heavy atom. The summed E-state index contributed by atoms with van der Waals surface area (Å²) in [5, 5.41) is 0. The molecule has 0 aliphatic rings. The highest BCUT2D eigenvalue weighted by Gasteiger charge is 2.02. The highest BCUT2D eigenvalue weighted by Crippen LogP contribution is 2.19. The van der Waals surface area contributed by atoms with Gasteiger partial charge in [0, 0.05) is 0 Å². The van der Waals surface area contributed by atoms with Gasteiger partial charge >= 0.3 is 0 Å². The molecule has 0 amide bonds. The summed E-state index contributed by atoms with van der Waals surface area (Å²) in [6, 6.07) is 0. The minimum absolute atomic E-state index is 0.810. The predicted octanol–water partition coefficient (Wildman–Crippen LogP) is 5.59. The first-order chi connectivity index (χ1) is 7.10. The average molecular weight is 210 g/mol. The van der Waals surface area contributed by atoms with E-state index in [1.807, 2.05) is 0 Å². The quantitative estimate of drug-likeness (QED) is 0.458. The van der Waals surface area contributed by atoms with Gasteiger partial charge in [-0.05, 0) is 37.5 Å². The molecule has 0 heteroatoms. The summed E-state index contributed by atoms with van der Waals surface area (Å²) < 4.78 is 0. The Hall–Kier alpha value is -0.260. The second-order valence-electron chi connectivity index (χ2n) is 5.31. The van der Waals surface area contributed by atoms with Crippen molar-refractivity contribution in [1.29, 1.82) is 0 Å². The van der Waals surface area contributed by atoms with Crippen LogP contribution in [0.4, 0.5) is 0 Å². The van der Waals surface area contributed by atoms with E-state index in [-0.39, 0.29) is 0 Å². The van der Waals surface area contributed by atoms with Gasteiger partial charge in [-0.25, -0.2) is 0 Å². The van der Waals surface area contributed by atoms with Gasteiger partial charge in [-0.1, -0.05) is 59.1 Å². The first kappa shape index (κ1) is 14.7. The van der Waals surface area contributed by atoms with Crippen molar-refractivity contribution in [2.75, 3.05) is 0 Å². The van der Waals surface area contributed by atoms with Gasteiger partial charge in [-0.2, -0.15) is 0 Å². The summed E-state index contributed by atoms with van der Waals surface area (Å²) in [6.07, 6.45) is 10.4. The largest absolute Gasteiger partial charge is 0.0851 e. The first-order valence-electron chi connectivity index (χ1n) is 6.78. The van der Waals surface area contributed by atoms with E-state index >= 15 is 0 Å². The van der Waals surface area contributed by atoms with Gasteiger partial charge in [0.05, 0.1) is 0 Å². The average Bonchev–Trinajstić information content (AvgIpc) is 2.20. The van der Waals surface area contributed by atoms with E-state index in [9.17, 15) is 0 Å². The number of hydrogen-bond donors (Lipinski definition) is 0. The molecule has 1 unspecified atom stereocenters. The van der Waals surface area contributed by atoms with Crippen LogP contribution in [0.15, 0.2) is 11.6 Å². The van der Waals surface area contributed by atoms with Crippen molar-refractivity contribution in [1.82, 2.24) is 0 Å². The van der Waals surface area contributed by atoms with Gasteiger partial charge in [-0.15, -0.1) is 0 Å². The molecule has 0 saturated heterocycles. The molecule has 0 aromatic heterocycles. The molecule has 0 bridgehead atoms. The summed E-state index contributed by atoms with van der Waals surface area (Å²) in [5.74, 6) is 1.67. The maximum absolute atomic E-state index is 2.52. The third-order valence-electron chi connectivity index (χ3n) is 3.03. The van der Waals surface area contributed by atoms with Crippen molar-refractivity contribution in [3.05, 3.63) is 11.6 Å². The molecule has 0 aliphatic carbocycles. The number of unbranched alkanes of at least 4 members (excludes halogenated alkanes) is 1. The SMILES string of the molecule is CCCCC(=CCC(C)CC)CC(C)C. The van der Waals surface area contributed by atoms with Gasteiger partial charge < -0.3 is 0 Å². The molecule has 0 rings (SSSR count). The Morgan fingerprint density at radius 3 is 2.27 bits per heavy atom. The Morgan fingerprint density at radius 1 is 1.13 bits per heavy atom. The molecule has 0 radical (unpaired) electrons. The van der Waals surface area contributed by atoms with Crippen molar-refractivity contribution in [3.8, 4) is 0 Å². The number of hydrogen-bond acceptors (Lipinski definition) is 0. The summed E-state index contributed by atoms with van der Waals surface area (Å²) >= 11 is 0. The lowest BCUT2D eigenvalue weighted by Gasteiger charge is -2.11.